The van der Waals surface area contributed by atoms with Crippen molar-refractivity contribution in [1.82, 2.24) is 9.80 Å². The Balaban J connectivity index is 1.90. The van der Waals surface area contributed by atoms with Crippen molar-refractivity contribution in [3.05, 3.63) is 57.3 Å². The van der Waals surface area contributed by atoms with E-state index in [1.54, 1.807) is 35.4 Å². The average Bonchev–Trinajstić information content (AvgIpc) is 3.17. The molecule has 1 aliphatic rings. The highest BCUT2D eigenvalue weighted by Crippen LogP contribution is 2.27. The minimum absolute atomic E-state index is 0.0595. The lowest BCUT2D eigenvalue weighted by molar-refractivity contribution is 0.0692. The van der Waals surface area contributed by atoms with Crippen molar-refractivity contribution < 1.29 is 14.4 Å². The molecule has 1 atom stereocenters. The largest absolute Gasteiger partial charge is 0.334 e. The third-order valence-electron chi connectivity index (χ3n) is 4.19. The molecule has 0 spiro atoms. The summed E-state index contributed by atoms with van der Waals surface area (Å²) >= 11 is 1.59. The van der Waals surface area contributed by atoms with Crippen molar-refractivity contribution in [2.45, 2.75) is 13.0 Å². The number of hydrogen-bond acceptors (Lipinski definition) is 4. The van der Waals surface area contributed by atoms with Crippen LogP contribution in [0.1, 0.15) is 48.9 Å². The quantitative estimate of drug-likeness (QED) is 0.814. The van der Waals surface area contributed by atoms with Gasteiger partial charge in [-0.2, -0.15) is 0 Å². The average molecular weight is 328 g/mol. The van der Waals surface area contributed by atoms with Gasteiger partial charge < -0.3 is 4.90 Å². The number of carbonyl (C=O) groups excluding carboxylic acids is 3. The van der Waals surface area contributed by atoms with Crippen LogP contribution in [-0.4, -0.2) is 41.6 Å². The molecule has 0 saturated heterocycles. The van der Waals surface area contributed by atoms with Crippen LogP contribution in [0.2, 0.25) is 0 Å². The predicted octanol–water partition coefficient (Wildman–Crippen LogP) is 2.81. The van der Waals surface area contributed by atoms with E-state index in [0.29, 0.717) is 16.7 Å². The summed E-state index contributed by atoms with van der Waals surface area (Å²) in [6.07, 6.45) is 0. The van der Waals surface area contributed by atoms with Crippen molar-refractivity contribution in [2.24, 2.45) is 0 Å². The number of thiophene rings is 1. The molecule has 0 saturated carbocycles. The van der Waals surface area contributed by atoms with Gasteiger partial charge in [0, 0.05) is 24.5 Å². The summed E-state index contributed by atoms with van der Waals surface area (Å²) in [4.78, 5) is 40.4. The van der Waals surface area contributed by atoms with Crippen LogP contribution in [0, 0.1) is 0 Å². The molecule has 2 aromatic rings. The van der Waals surface area contributed by atoms with E-state index >= 15 is 0 Å². The first-order chi connectivity index (χ1) is 10.9. The van der Waals surface area contributed by atoms with Gasteiger partial charge in [-0.1, -0.05) is 6.07 Å². The molecule has 5 nitrogen and oxygen atoms in total. The first-order valence-corrected chi connectivity index (χ1v) is 8.06. The molecule has 2 heterocycles. The molecule has 0 bridgehead atoms. The van der Waals surface area contributed by atoms with Crippen LogP contribution >= 0.6 is 11.3 Å². The number of nitrogens with zero attached hydrogens (tertiary/aromatic N) is 2. The van der Waals surface area contributed by atoms with Crippen LogP contribution in [-0.2, 0) is 0 Å². The summed E-state index contributed by atoms with van der Waals surface area (Å²) in [7, 11) is 3.18. The molecular weight excluding hydrogens is 312 g/mol. The molecule has 1 aliphatic heterocycles. The lowest BCUT2D eigenvalue weighted by Gasteiger charge is -2.24. The Morgan fingerprint density at radius 3 is 2.52 bits per heavy atom. The van der Waals surface area contributed by atoms with Crippen molar-refractivity contribution >= 4 is 29.1 Å². The maximum atomic E-state index is 12.7. The van der Waals surface area contributed by atoms with Gasteiger partial charge in [-0.3, -0.25) is 19.3 Å². The minimum atomic E-state index is -0.367. The second-order valence-electron chi connectivity index (χ2n) is 5.54. The van der Waals surface area contributed by atoms with Crippen molar-refractivity contribution in [1.29, 1.82) is 0 Å². The number of rotatable bonds is 3. The molecule has 0 unspecified atom stereocenters. The third kappa shape index (κ3) is 2.45. The molecular formula is C17H16N2O3S. The highest BCUT2D eigenvalue weighted by molar-refractivity contribution is 7.10. The number of imide groups is 1. The van der Waals surface area contributed by atoms with Gasteiger partial charge >= 0.3 is 0 Å². The fraction of sp³-hybridized carbons (Fsp3) is 0.235. The zero-order valence-corrected chi connectivity index (χ0v) is 13.9. The smallest absolute Gasteiger partial charge is 0.261 e. The Hall–Kier alpha value is -2.47. The van der Waals surface area contributed by atoms with E-state index in [4.69, 9.17) is 0 Å². The first-order valence-electron chi connectivity index (χ1n) is 7.19. The van der Waals surface area contributed by atoms with Crippen LogP contribution in [0.15, 0.2) is 35.7 Å². The molecule has 1 aromatic heterocycles. The van der Waals surface area contributed by atoms with Gasteiger partial charge in [0.1, 0.15) is 0 Å². The molecule has 23 heavy (non-hydrogen) atoms. The zero-order valence-electron chi connectivity index (χ0n) is 13.1. The Labute approximate surface area is 138 Å². The van der Waals surface area contributed by atoms with Gasteiger partial charge in [0.15, 0.2) is 0 Å². The number of fused-ring (bicyclic) bond motifs is 1. The monoisotopic (exact) mass is 328 g/mol. The maximum absolute atomic E-state index is 12.7. The summed E-state index contributed by atoms with van der Waals surface area (Å²) in [5, 5.41) is 1.97. The maximum Gasteiger partial charge on any atom is 0.261 e. The fourth-order valence-corrected chi connectivity index (χ4v) is 3.42. The molecule has 0 N–H and O–H groups in total. The lowest BCUT2D eigenvalue weighted by Crippen LogP contribution is -2.29. The minimum Gasteiger partial charge on any atom is -0.334 e. The topological polar surface area (TPSA) is 57.7 Å². The van der Waals surface area contributed by atoms with Crippen molar-refractivity contribution in [3.8, 4) is 0 Å². The van der Waals surface area contributed by atoms with Gasteiger partial charge in [0.25, 0.3) is 17.7 Å². The van der Waals surface area contributed by atoms with E-state index in [9.17, 15) is 14.4 Å². The highest BCUT2D eigenvalue weighted by Gasteiger charge is 2.33. The highest BCUT2D eigenvalue weighted by atomic mass is 32.1. The third-order valence-corrected chi connectivity index (χ3v) is 5.24. The summed E-state index contributed by atoms with van der Waals surface area (Å²) in [6, 6.07) is 8.54. The predicted molar refractivity (Wildman–Crippen MR) is 87.7 cm³/mol. The molecule has 3 amide bonds. The summed E-state index contributed by atoms with van der Waals surface area (Å²) in [5.41, 5.74) is 1.05. The van der Waals surface area contributed by atoms with Crippen LogP contribution in [0.4, 0.5) is 0 Å². The molecule has 3 rings (SSSR count). The van der Waals surface area contributed by atoms with E-state index in [2.05, 4.69) is 0 Å². The SMILES string of the molecule is C[C@@H](c1cccs1)N(C)C(=O)c1ccc2c(c1)C(=O)N(C)C2=O. The zero-order chi connectivity index (χ0) is 16.7. The normalized spacial score (nSPS) is 14.8. The van der Waals surface area contributed by atoms with E-state index in [0.717, 1.165) is 9.78 Å². The molecule has 0 radical (unpaired) electrons. The second kappa shape index (κ2) is 5.62. The number of hydrogen-bond donors (Lipinski definition) is 0. The van der Waals surface area contributed by atoms with E-state index in [1.807, 2.05) is 24.4 Å². The molecule has 1 aromatic carbocycles. The van der Waals surface area contributed by atoms with Gasteiger partial charge in [-0.15, -0.1) is 11.3 Å². The van der Waals surface area contributed by atoms with Gasteiger partial charge in [0.05, 0.1) is 17.2 Å². The number of carbonyl (C=O) groups is 3. The van der Waals surface area contributed by atoms with Crippen LogP contribution in [0.25, 0.3) is 0 Å². The van der Waals surface area contributed by atoms with Crippen LogP contribution < -0.4 is 0 Å². The lowest BCUT2D eigenvalue weighted by atomic mass is 10.0. The molecule has 6 heteroatoms. The van der Waals surface area contributed by atoms with Crippen LogP contribution in [0.5, 0.6) is 0 Å². The summed E-state index contributed by atoms with van der Waals surface area (Å²) < 4.78 is 0. The molecule has 0 fully saturated rings. The van der Waals surface area contributed by atoms with Gasteiger partial charge in [-0.05, 0) is 36.6 Å². The van der Waals surface area contributed by atoms with Crippen LogP contribution in [0.3, 0.4) is 0 Å². The van der Waals surface area contributed by atoms with Gasteiger partial charge in [0.2, 0.25) is 0 Å². The number of benzene rings is 1. The molecule has 118 valence electrons. The first kappa shape index (κ1) is 15.4. The Kier molecular flexibility index (Phi) is 3.77. The van der Waals surface area contributed by atoms with Crippen molar-refractivity contribution in [2.75, 3.05) is 14.1 Å². The standard InChI is InChI=1S/C17H16N2O3S/c1-10(14-5-4-8-23-14)18(2)15(20)11-6-7-12-13(9-11)17(22)19(3)16(12)21/h4-10H,1-3H3/t10-/m0/s1. The van der Waals surface area contributed by atoms with E-state index in [1.165, 1.54) is 13.1 Å². The Bertz CT molecular complexity index is 798. The summed E-state index contributed by atoms with van der Waals surface area (Å²) in [6.45, 7) is 1.96. The van der Waals surface area contributed by atoms with E-state index in [-0.39, 0.29) is 23.8 Å². The van der Waals surface area contributed by atoms with Gasteiger partial charge in [-0.25, -0.2) is 0 Å². The Morgan fingerprint density at radius 2 is 1.87 bits per heavy atom. The summed E-state index contributed by atoms with van der Waals surface area (Å²) in [5.74, 6) is -0.874. The second-order valence-corrected chi connectivity index (χ2v) is 6.52. The van der Waals surface area contributed by atoms with Crippen molar-refractivity contribution in [3.63, 3.8) is 0 Å². The fourth-order valence-electron chi connectivity index (χ4n) is 2.59. The Morgan fingerprint density at radius 1 is 1.17 bits per heavy atom. The van der Waals surface area contributed by atoms with E-state index < -0.39 is 0 Å². The molecule has 0 aliphatic carbocycles. The number of amides is 3.